The summed E-state index contributed by atoms with van der Waals surface area (Å²) in [5.74, 6) is 0. The van der Waals surface area contributed by atoms with Crippen molar-refractivity contribution in [1.82, 2.24) is 0 Å². The van der Waals surface area contributed by atoms with E-state index in [1.807, 2.05) is 16.8 Å². The lowest BCUT2D eigenvalue weighted by Gasteiger charge is -2.06. The van der Waals surface area contributed by atoms with E-state index in [-0.39, 0.29) is 5.69 Å². The topological polar surface area (TPSA) is 81.2 Å². The highest BCUT2D eigenvalue weighted by Crippen LogP contribution is 2.22. The third kappa shape index (κ3) is 2.94. The molecule has 0 spiro atoms. The van der Waals surface area contributed by atoms with Crippen LogP contribution >= 0.6 is 11.3 Å². The molecule has 0 amide bonds. The number of hydrogen-bond donors (Lipinski definition) is 2. The van der Waals surface area contributed by atoms with Gasteiger partial charge in [0.05, 0.1) is 4.92 Å². The standard InChI is InChI=1S/C11H11N3O2S/c12-9-3-10(5-11(4-9)14(15)16)13-6-8-1-2-17-7-8/h1-5,7,13H,6,12H2. The van der Waals surface area contributed by atoms with Gasteiger partial charge in [-0.3, -0.25) is 10.1 Å². The van der Waals surface area contributed by atoms with E-state index in [4.69, 9.17) is 5.73 Å². The zero-order chi connectivity index (χ0) is 12.3. The summed E-state index contributed by atoms with van der Waals surface area (Å²) >= 11 is 1.61. The number of nitrogens with one attached hydrogen (secondary N) is 1. The first-order chi connectivity index (χ1) is 8.15. The molecule has 5 nitrogen and oxygen atoms in total. The Morgan fingerprint density at radius 3 is 2.88 bits per heavy atom. The molecule has 0 radical (unpaired) electrons. The van der Waals surface area contributed by atoms with Crippen molar-refractivity contribution in [2.75, 3.05) is 11.1 Å². The maximum Gasteiger partial charge on any atom is 0.273 e. The quantitative estimate of drug-likeness (QED) is 0.496. The van der Waals surface area contributed by atoms with E-state index in [0.717, 1.165) is 5.56 Å². The molecule has 1 aromatic carbocycles. The minimum atomic E-state index is -0.452. The van der Waals surface area contributed by atoms with Crippen LogP contribution in [0, 0.1) is 10.1 Å². The molecule has 0 aliphatic heterocycles. The monoisotopic (exact) mass is 249 g/mol. The molecule has 0 atom stereocenters. The average molecular weight is 249 g/mol. The van der Waals surface area contributed by atoms with Crippen LogP contribution in [-0.4, -0.2) is 4.92 Å². The van der Waals surface area contributed by atoms with Crippen LogP contribution in [0.25, 0.3) is 0 Å². The van der Waals surface area contributed by atoms with Gasteiger partial charge in [0.1, 0.15) is 0 Å². The summed E-state index contributed by atoms with van der Waals surface area (Å²) in [6.45, 7) is 0.629. The van der Waals surface area contributed by atoms with Crippen molar-refractivity contribution in [3.8, 4) is 0 Å². The molecule has 0 unspecified atom stereocenters. The van der Waals surface area contributed by atoms with Crippen molar-refractivity contribution >= 4 is 28.4 Å². The number of hydrogen-bond acceptors (Lipinski definition) is 5. The molecule has 0 aliphatic rings. The third-order valence-electron chi connectivity index (χ3n) is 2.23. The minimum Gasteiger partial charge on any atom is -0.398 e. The lowest BCUT2D eigenvalue weighted by Crippen LogP contribution is -2.00. The van der Waals surface area contributed by atoms with Gasteiger partial charge in [-0.05, 0) is 28.5 Å². The predicted octanol–water partition coefficient (Wildman–Crippen LogP) is 2.85. The second-order valence-electron chi connectivity index (χ2n) is 3.56. The Kier molecular flexibility index (Phi) is 3.24. The molecule has 2 rings (SSSR count). The highest BCUT2D eigenvalue weighted by atomic mass is 32.1. The van der Waals surface area contributed by atoms with Gasteiger partial charge in [-0.1, -0.05) is 0 Å². The van der Waals surface area contributed by atoms with E-state index in [1.54, 1.807) is 17.4 Å². The van der Waals surface area contributed by atoms with Crippen LogP contribution in [0.4, 0.5) is 17.1 Å². The van der Waals surface area contributed by atoms with Crippen LogP contribution in [-0.2, 0) is 6.54 Å². The van der Waals surface area contributed by atoms with E-state index >= 15 is 0 Å². The van der Waals surface area contributed by atoms with Crippen molar-refractivity contribution < 1.29 is 4.92 Å². The van der Waals surface area contributed by atoms with Gasteiger partial charge in [0, 0.05) is 30.1 Å². The summed E-state index contributed by atoms with van der Waals surface area (Å²) in [6.07, 6.45) is 0. The first-order valence-corrected chi connectivity index (χ1v) is 5.89. The SMILES string of the molecule is Nc1cc(NCc2ccsc2)cc([N+](=O)[O-])c1. The van der Waals surface area contributed by atoms with Gasteiger partial charge >= 0.3 is 0 Å². The Morgan fingerprint density at radius 1 is 1.41 bits per heavy atom. The molecular formula is C11H11N3O2S. The van der Waals surface area contributed by atoms with E-state index in [0.29, 0.717) is 17.9 Å². The van der Waals surface area contributed by atoms with Gasteiger partial charge in [-0.2, -0.15) is 11.3 Å². The number of rotatable bonds is 4. The first-order valence-electron chi connectivity index (χ1n) is 4.95. The second kappa shape index (κ2) is 4.84. The number of nitro groups is 1. The van der Waals surface area contributed by atoms with Crippen molar-refractivity contribution in [2.24, 2.45) is 0 Å². The number of nitrogen functional groups attached to an aromatic ring is 1. The minimum absolute atomic E-state index is 0.00202. The van der Waals surface area contributed by atoms with Gasteiger partial charge in [0.15, 0.2) is 0 Å². The Morgan fingerprint density at radius 2 is 2.24 bits per heavy atom. The Bertz CT molecular complexity index is 526. The van der Waals surface area contributed by atoms with E-state index in [2.05, 4.69) is 5.32 Å². The van der Waals surface area contributed by atoms with Crippen LogP contribution in [0.3, 0.4) is 0 Å². The van der Waals surface area contributed by atoms with Gasteiger partial charge in [0.25, 0.3) is 5.69 Å². The summed E-state index contributed by atoms with van der Waals surface area (Å²) in [6, 6.07) is 6.50. The fourth-order valence-electron chi connectivity index (χ4n) is 1.44. The second-order valence-corrected chi connectivity index (χ2v) is 4.34. The Balaban J connectivity index is 2.13. The molecule has 0 saturated heterocycles. The highest BCUT2D eigenvalue weighted by molar-refractivity contribution is 7.07. The Labute approximate surface area is 102 Å². The zero-order valence-electron chi connectivity index (χ0n) is 8.92. The molecule has 2 aromatic rings. The van der Waals surface area contributed by atoms with Crippen molar-refractivity contribution in [2.45, 2.75) is 6.54 Å². The molecule has 3 N–H and O–H groups in total. The highest BCUT2D eigenvalue weighted by Gasteiger charge is 2.08. The first kappa shape index (κ1) is 11.4. The number of nitrogens with zero attached hydrogens (tertiary/aromatic N) is 1. The van der Waals surface area contributed by atoms with Gasteiger partial charge in [-0.25, -0.2) is 0 Å². The van der Waals surface area contributed by atoms with E-state index in [9.17, 15) is 10.1 Å². The number of benzene rings is 1. The maximum atomic E-state index is 10.7. The van der Waals surface area contributed by atoms with Gasteiger partial charge < -0.3 is 11.1 Å². The average Bonchev–Trinajstić information content (AvgIpc) is 2.78. The molecule has 0 aliphatic carbocycles. The lowest BCUT2D eigenvalue weighted by molar-refractivity contribution is -0.384. The normalized spacial score (nSPS) is 10.1. The molecule has 0 fully saturated rings. The number of thiophene rings is 1. The predicted molar refractivity (Wildman–Crippen MR) is 69.2 cm³/mol. The molecule has 6 heteroatoms. The summed E-state index contributed by atoms with van der Waals surface area (Å²) in [4.78, 5) is 10.2. The van der Waals surface area contributed by atoms with E-state index < -0.39 is 4.92 Å². The number of nitrogens with two attached hydrogens (primary N) is 1. The lowest BCUT2D eigenvalue weighted by atomic mass is 10.2. The molecular weight excluding hydrogens is 238 g/mol. The molecule has 1 aromatic heterocycles. The molecule has 0 bridgehead atoms. The maximum absolute atomic E-state index is 10.7. The summed E-state index contributed by atoms with van der Waals surface area (Å²) in [5, 5.41) is 17.8. The van der Waals surface area contributed by atoms with Crippen LogP contribution in [0.2, 0.25) is 0 Å². The molecule has 88 valence electrons. The summed E-state index contributed by atoms with van der Waals surface area (Å²) < 4.78 is 0. The van der Waals surface area contributed by atoms with Crippen LogP contribution < -0.4 is 11.1 Å². The van der Waals surface area contributed by atoms with Gasteiger partial charge in [-0.15, -0.1) is 0 Å². The van der Waals surface area contributed by atoms with E-state index in [1.165, 1.54) is 12.1 Å². The van der Waals surface area contributed by atoms with Crippen LogP contribution in [0.1, 0.15) is 5.56 Å². The number of nitro benzene ring substituents is 1. The number of non-ortho nitro benzene ring substituents is 1. The fourth-order valence-corrected chi connectivity index (χ4v) is 2.11. The summed E-state index contributed by atoms with van der Waals surface area (Å²) in [7, 11) is 0. The summed E-state index contributed by atoms with van der Waals surface area (Å²) in [5.41, 5.74) is 7.78. The van der Waals surface area contributed by atoms with Crippen LogP contribution in [0.15, 0.2) is 35.0 Å². The molecule has 17 heavy (non-hydrogen) atoms. The van der Waals surface area contributed by atoms with Gasteiger partial charge in [0.2, 0.25) is 0 Å². The largest absolute Gasteiger partial charge is 0.398 e. The molecule has 0 saturated carbocycles. The molecule has 1 heterocycles. The fraction of sp³-hybridized carbons (Fsp3) is 0.0909. The van der Waals surface area contributed by atoms with Crippen LogP contribution in [0.5, 0.6) is 0 Å². The van der Waals surface area contributed by atoms with Crippen molar-refractivity contribution in [3.63, 3.8) is 0 Å². The smallest absolute Gasteiger partial charge is 0.273 e. The number of anilines is 2. The zero-order valence-corrected chi connectivity index (χ0v) is 9.74. The van der Waals surface area contributed by atoms with Crippen molar-refractivity contribution in [3.05, 3.63) is 50.7 Å². The third-order valence-corrected chi connectivity index (χ3v) is 2.96. The van der Waals surface area contributed by atoms with Crippen molar-refractivity contribution in [1.29, 1.82) is 0 Å². The Hall–Kier alpha value is -2.08.